The number of fused-ring (bicyclic) bond motifs is 14. The van der Waals surface area contributed by atoms with Crippen molar-refractivity contribution in [3.05, 3.63) is 96.1 Å². The second kappa shape index (κ2) is 6.70. The summed E-state index contributed by atoms with van der Waals surface area (Å²) in [7, 11) is 0. The minimum absolute atomic E-state index is 0.444. The zero-order valence-electron chi connectivity index (χ0n) is 20.2. The van der Waals surface area contributed by atoms with Gasteiger partial charge >= 0.3 is 12.4 Å². The van der Waals surface area contributed by atoms with Crippen molar-refractivity contribution in [2.24, 2.45) is 0 Å². The smallest absolute Gasteiger partial charge is 0.308 e. The average molecular weight is 540 g/mol. The van der Waals surface area contributed by atoms with Gasteiger partial charge in [-0.05, 0) is 36.4 Å². The summed E-state index contributed by atoms with van der Waals surface area (Å²) in [5, 5.41) is 6.25. The molecular formula is C32H14F6N2. The second-order valence-electron chi connectivity index (χ2n) is 10.4. The van der Waals surface area contributed by atoms with Gasteiger partial charge in [-0.2, -0.15) is 26.3 Å². The van der Waals surface area contributed by atoms with Crippen LogP contribution in [0.3, 0.4) is 0 Å². The van der Waals surface area contributed by atoms with Crippen molar-refractivity contribution in [2.75, 3.05) is 0 Å². The molecule has 0 atom stereocenters. The predicted molar refractivity (Wildman–Crippen MR) is 146 cm³/mol. The van der Waals surface area contributed by atoms with Gasteiger partial charge < -0.3 is 8.80 Å². The fourth-order valence-electron chi connectivity index (χ4n) is 6.93. The normalized spacial score (nSPS) is 13.8. The third-order valence-electron chi connectivity index (χ3n) is 8.39. The first kappa shape index (κ1) is 22.1. The van der Waals surface area contributed by atoms with Crippen molar-refractivity contribution in [3.63, 3.8) is 0 Å². The Balaban J connectivity index is 1.67. The topological polar surface area (TPSA) is 8.82 Å². The molecule has 0 aliphatic carbocycles. The van der Waals surface area contributed by atoms with Crippen molar-refractivity contribution in [1.82, 2.24) is 8.80 Å². The molecule has 0 saturated heterocycles. The van der Waals surface area contributed by atoms with Gasteiger partial charge in [-0.3, -0.25) is 0 Å². The van der Waals surface area contributed by atoms with Crippen LogP contribution in [0.5, 0.6) is 0 Å². The van der Waals surface area contributed by atoms with Crippen LogP contribution in [-0.2, 0) is 12.4 Å². The summed E-state index contributed by atoms with van der Waals surface area (Å²) < 4.78 is 86.8. The fourth-order valence-corrected chi connectivity index (χ4v) is 6.93. The summed E-state index contributed by atoms with van der Waals surface area (Å²) in [6.45, 7) is 0. The Bertz CT molecular complexity index is 2330. The van der Waals surface area contributed by atoms with Crippen LogP contribution in [0, 0.1) is 0 Å². The minimum Gasteiger partial charge on any atom is -0.308 e. The first-order valence-corrected chi connectivity index (χ1v) is 12.6. The molecule has 0 spiro atoms. The summed E-state index contributed by atoms with van der Waals surface area (Å²) in [5.74, 6) is 0. The van der Waals surface area contributed by atoms with Gasteiger partial charge in [-0.15, -0.1) is 0 Å². The van der Waals surface area contributed by atoms with Crippen LogP contribution in [0.25, 0.3) is 76.2 Å². The first-order chi connectivity index (χ1) is 19.1. The van der Waals surface area contributed by atoms with E-state index in [-0.39, 0.29) is 0 Å². The molecule has 0 radical (unpaired) electrons. The van der Waals surface area contributed by atoms with Gasteiger partial charge in [-0.25, -0.2) is 0 Å². The van der Waals surface area contributed by atoms with Crippen molar-refractivity contribution >= 4 is 76.2 Å². The molecule has 8 heteroatoms. The molecule has 0 aliphatic heterocycles. The molecule has 0 aliphatic rings. The largest absolute Gasteiger partial charge is 0.416 e. The number of rotatable bonds is 0. The molecule has 0 fully saturated rings. The third-order valence-corrected chi connectivity index (χ3v) is 8.39. The molecule has 40 heavy (non-hydrogen) atoms. The van der Waals surface area contributed by atoms with Crippen molar-refractivity contribution in [1.29, 1.82) is 0 Å². The summed E-state index contributed by atoms with van der Waals surface area (Å²) in [4.78, 5) is 0. The van der Waals surface area contributed by atoms with E-state index in [1.165, 1.54) is 24.3 Å². The summed E-state index contributed by atoms with van der Waals surface area (Å²) in [6.07, 6.45) is -9.02. The van der Waals surface area contributed by atoms with E-state index in [4.69, 9.17) is 0 Å². The molecule has 5 aromatic carbocycles. The van der Waals surface area contributed by atoms with Gasteiger partial charge in [-0.1, -0.05) is 48.5 Å². The number of benzene rings is 5. The summed E-state index contributed by atoms with van der Waals surface area (Å²) in [5.41, 5.74) is 2.46. The SMILES string of the molecule is FC(F)(F)c1ccc2c3c4c5ccccc5n5c6cc(C(F)(F)F)ccc6c(c6c7ccccc7n(c2c1)c63)c45. The highest BCUT2D eigenvalue weighted by atomic mass is 19.4. The maximum atomic E-state index is 13.8. The average Bonchev–Trinajstić information content (AvgIpc) is 3.63. The highest BCUT2D eigenvalue weighted by molar-refractivity contribution is 6.45. The molecule has 0 unspecified atom stereocenters. The Morgan fingerprint density at radius 2 is 0.750 bits per heavy atom. The second-order valence-corrected chi connectivity index (χ2v) is 10.4. The third kappa shape index (κ3) is 2.44. The van der Waals surface area contributed by atoms with Crippen LogP contribution < -0.4 is 0 Å². The van der Waals surface area contributed by atoms with E-state index in [1.54, 1.807) is 0 Å². The van der Waals surface area contributed by atoms with E-state index in [0.717, 1.165) is 66.5 Å². The van der Waals surface area contributed by atoms with Crippen molar-refractivity contribution < 1.29 is 26.3 Å². The van der Waals surface area contributed by atoms with Crippen LogP contribution in [-0.4, -0.2) is 8.80 Å². The lowest BCUT2D eigenvalue weighted by Crippen LogP contribution is -2.04. The highest BCUT2D eigenvalue weighted by Gasteiger charge is 2.34. The number of hydrogen-bond donors (Lipinski definition) is 0. The van der Waals surface area contributed by atoms with Gasteiger partial charge in [0.15, 0.2) is 0 Å². The van der Waals surface area contributed by atoms with E-state index < -0.39 is 23.5 Å². The number of para-hydroxylation sites is 2. The molecule has 9 aromatic rings. The lowest BCUT2D eigenvalue weighted by Gasteiger charge is -2.07. The van der Waals surface area contributed by atoms with Crippen LogP contribution in [0.2, 0.25) is 0 Å². The van der Waals surface area contributed by atoms with Crippen molar-refractivity contribution in [2.45, 2.75) is 12.4 Å². The Morgan fingerprint density at radius 1 is 0.400 bits per heavy atom. The Hall–Kier alpha value is -4.72. The standard InChI is InChI=1S/C32H14F6N2/c33-31(34,35)15-10-12-20-23(13-15)39-21-7-3-1-5-17(21)25-27-19-11-9-16(32(36,37)38)14-24(19)40-22-8-4-2-6-18(22)26(30(27)40)28(20)29(25)39/h1-14H. The summed E-state index contributed by atoms with van der Waals surface area (Å²) >= 11 is 0. The number of nitrogens with zero attached hydrogens (tertiary/aromatic N) is 2. The monoisotopic (exact) mass is 540 g/mol. The fraction of sp³-hybridized carbons (Fsp3) is 0.0625. The predicted octanol–water partition coefficient (Wildman–Crippen LogP) is 10.0. The maximum Gasteiger partial charge on any atom is 0.416 e. The van der Waals surface area contributed by atoms with E-state index in [0.29, 0.717) is 21.8 Å². The van der Waals surface area contributed by atoms with Gasteiger partial charge in [0.2, 0.25) is 0 Å². The molecule has 0 amide bonds. The lowest BCUT2D eigenvalue weighted by atomic mass is 9.97. The number of alkyl halides is 6. The lowest BCUT2D eigenvalue weighted by molar-refractivity contribution is -0.138. The van der Waals surface area contributed by atoms with Gasteiger partial charge in [0.1, 0.15) is 0 Å². The molecule has 0 N–H and O–H groups in total. The number of aromatic nitrogens is 2. The van der Waals surface area contributed by atoms with Crippen LogP contribution >= 0.6 is 0 Å². The zero-order valence-corrected chi connectivity index (χ0v) is 20.2. The van der Waals surface area contributed by atoms with Crippen LogP contribution in [0.4, 0.5) is 26.3 Å². The van der Waals surface area contributed by atoms with E-state index in [9.17, 15) is 26.3 Å². The molecule has 9 rings (SSSR count). The first-order valence-electron chi connectivity index (χ1n) is 12.6. The minimum atomic E-state index is -4.51. The van der Waals surface area contributed by atoms with Crippen LogP contribution in [0.15, 0.2) is 84.9 Å². The van der Waals surface area contributed by atoms with Crippen LogP contribution in [0.1, 0.15) is 11.1 Å². The zero-order chi connectivity index (χ0) is 27.3. The molecule has 0 saturated carbocycles. The molecule has 194 valence electrons. The Labute approximate surface area is 219 Å². The van der Waals surface area contributed by atoms with E-state index in [2.05, 4.69) is 0 Å². The van der Waals surface area contributed by atoms with Gasteiger partial charge in [0.25, 0.3) is 0 Å². The quantitative estimate of drug-likeness (QED) is 0.169. The summed E-state index contributed by atoms with van der Waals surface area (Å²) in [6, 6.07) is 22.7. The Morgan fingerprint density at radius 3 is 1.12 bits per heavy atom. The van der Waals surface area contributed by atoms with Gasteiger partial charge in [0, 0.05) is 43.1 Å². The Kier molecular flexibility index (Phi) is 3.71. The molecular weight excluding hydrogens is 526 g/mol. The number of hydrogen-bond acceptors (Lipinski definition) is 0. The molecule has 0 bridgehead atoms. The molecule has 4 aromatic heterocycles. The molecule has 2 nitrogen and oxygen atoms in total. The van der Waals surface area contributed by atoms with Crippen molar-refractivity contribution in [3.8, 4) is 0 Å². The molecule has 4 heterocycles. The van der Waals surface area contributed by atoms with E-state index in [1.807, 2.05) is 57.3 Å². The highest BCUT2D eigenvalue weighted by Crippen LogP contribution is 2.52. The van der Waals surface area contributed by atoms with Gasteiger partial charge in [0.05, 0.1) is 44.2 Å². The van der Waals surface area contributed by atoms with E-state index >= 15 is 0 Å². The number of halogens is 6. The maximum absolute atomic E-state index is 13.8.